The molecule has 0 radical (unpaired) electrons. The van der Waals surface area contributed by atoms with Crippen molar-refractivity contribution in [3.8, 4) is 17.6 Å². The third-order valence-electron chi connectivity index (χ3n) is 3.78. The predicted molar refractivity (Wildman–Crippen MR) is 92.1 cm³/mol. The average Bonchev–Trinajstić information content (AvgIpc) is 2.67. The minimum absolute atomic E-state index is 0.340. The van der Waals surface area contributed by atoms with Gasteiger partial charge in [0.1, 0.15) is 23.0 Å². The number of nitrogens with zero attached hydrogens (tertiary/aromatic N) is 1. The predicted octanol–water partition coefficient (Wildman–Crippen LogP) is 4.26. The van der Waals surface area contributed by atoms with Crippen LogP contribution in [0, 0.1) is 17.2 Å². The molecule has 0 saturated carbocycles. The van der Waals surface area contributed by atoms with Crippen molar-refractivity contribution in [1.29, 1.82) is 5.26 Å². The van der Waals surface area contributed by atoms with Crippen molar-refractivity contribution in [2.45, 2.75) is 0 Å². The number of methoxy groups -OCH3 is 2. The van der Waals surface area contributed by atoms with E-state index in [1.54, 1.807) is 14.2 Å². The maximum absolute atomic E-state index is 9.35. The van der Waals surface area contributed by atoms with E-state index in [1.165, 1.54) is 0 Å². The normalized spacial score (nSPS) is 14.0. The SMILES string of the molecule is COc1ccc(C2=CC(C#N)C=C(c3ccc(OC)cc3)O2)cc1. The van der Waals surface area contributed by atoms with Crippen molar-refractivity contribution in [2.75, 3.05) is 14.2 Å². The molecule has 2 aromatic carbocycles. The van der Waals surface area contributed by atoms with Crippen LogP contribution >= 0.6 is 0 Å². The molecular weight excluding hydrogens is 302 g/mol. The summed E-state index contributed by atoms with van der Waals surface area (Å²) in [7, 11) is 3.25. The highest BCUT2D eigenvalue weighted by Crippen LogP contribution is 2.33. The van der Waals surface area contributed by atoms with E-state index in [0.717, 1.165) is 22.6 Å². The summed E-state index contributed by atoms with van der Waals surface area (Å²) in [6.45, 7) is 0. The summed E-state index contributed by atoms with van der Waals surface area (Å²) in [5, 5.41) is 9.35. The van der Waals surface area contributed by atoms with Gasteiger partial charge in [0.05, 0.1) is 26.2 Å². The second-order valence-electron chi connectivity index (χ2n) is 5.28. The zero-order chi connectivity index (χ0) is 16.9. The lowest BCUT2D eigenvalue weighted by atomic mass is 10.0. The fourth-order valence-electron chi connectivity index (χ4n) is 2.46. The zero-order valence-electron chi connectivity index (χ0n) is 13.5. The third kappa shape index (κ3) is 3.26. The van der Waals surface area contributed by atoms with Crippen LogP contribution in [0.4, 0.5) is 0 Å². The smallest absolute Gasteiger partial charge is 0.132 e. The Hall–Kier alpha value is -3.19. The van der Waals surface area contributed by atoms with Gasteiger partial charge in [0.15, 0.2) is 0 Å². The molecule has 3 rings (SSSR count). The van der Waals surface area contributed by atoms with E-state index in [1.807, 2.05) is 60.7 Å². The molecule has 0 aromatic heterocycles. The van der Waals surface area contributed by atoms with Crippen LogP contribution in [0.5, 0.6) is 11.5 Å². The van der Waals surface area contributed by atoms with Crippen LogP contribution in [0.3, 0.4) is 0 Å². The first-order valence-electron chi connectivity index (χ1n) is 7.53. The van der Waals surface area contributed by atoms with Gasteiger partial charge in [0.25, 0.3) is 0 Å². The van der Waals surface area contributed by atoms with Crippen LogP contribution < -0.4 is 9.47 Å². The molecule has 0 unspecified atom stereocenters. The molecule has 1 heterocycles. The Morgan fingerprint density at radius 3 is 1.54 bits per heavy atom. The van der Waals surface area contributed by atoms with Crippen LogP contribution in [0.15, 0.2) is 60.7 Å². The molecular formula is C20H17NO3. The molecule has 0 fully saturated rings. The average molecular weight is 319 g/mol. The maximum atomic E-state index is 9.35. The number of hydrogen-bond acceptors (Lipinski definition) is 4. The van der Waals surface area contributed by atoms with Crippen molar-refractivity contribution in [3.05, 3.63) is 71.8 Å². The topological polar surface area (TPSA) is 51.5 Å². The van der Waals surface area contributed by atoms with Crippen molar-refractivity contribution in [2.24, 2.45) is 5.92 Å². The number of nitriles is 1. The van der Waals surface area contributed by atoms with Crippen LogP contribution in [0.25, 0.3) is 11.5 Å². The first-order chi connectivity index (χ1) is 11.7. The summed E-state index contributed by atoms with van der Waals surface area (Å²) in [5.41, 5.74) is 1.80. The summed E-state index contributed by atoms with van der Waals surface area (Å²) < 4.78 is 16.4. The molecule has 4 heteroatoms. The van der Waals surface area contributed by atoms with Gasteiger partial charge in [-0.1, -0.05) is 0 Å². The molecule has 24 heavy (non-hydrogen) atoms. The van der Waals surface area contributed by atoms with E-state index in [2.05, 4.69) is 6.07 Å². The fourth-order valence-corrected chi connectivity index (χ4v) is 2.46. The van der Waals surface area contributed by atoms with Gasteiger partial charge in [0, 0.05) is 11.1 Å². The Labute approximate surface area is 141 Å². The Balaban J connectivity index is 1.89. The number of ether oxygens (including phenoxy) is 3. The van der Waals surface area contributed by atoms with Gasteiger partial charge in [-0.2, -0.15) is 5.26 Å². The van der Waals surface area contributed by atoms with Gasteiger partial charge in [0.2, 0.25) is 0 Å². The largest absolute Gasteiger partial charge is 0.497 e. The number of rotatable bonds is 4. The Bertz CT molecular complexity index is 748. The molecule has 120 valence electrons. The minimum Gasteiger partial charge on any atom is -0.497 e. The maximum Gasteiger partial charge on any atom is 0.132 e. The van der Waals surface area contributed by atoms with E-state index in [-0.39, 0.29) is 5.92 Å². The number of hydrogen-bond donors (Lipinski definition) is 0. The van der Waals surface area contributed by atoms with Crippen LogP contribution in [-0.4, -0.2) is 14.2 Å². The minimum atomic E-state index is -0.340. The summed E-state index contributed by atoms with van der Waals surface area (Å²) in [5.74, 6) is 2.54. The lowest BCUT2D eigenvalue weighted by molar-refractivity contribution is 0.414. The van der Waals surface area contributed by atoms with E-state index >= 15 is 0 Å². The van der Waals surface area contributed by atoms with Crippen LogP contribution in [-0.2, 0) is 4.74 Å². The molecule has 4 nitrogen and oxygen atoms in total. The highest BCUT2D eigenvalue weighted by atomic mass is 16.5. The highest BCUT2D eigenvalue weighted by molar-refractivity contribution is 5.74. The van der Waals surface area contributed by atoms with E-state index < -0.39 is 0 Å². The molecule has 1 aliphatic rings. The highest BCUT2D eigenvalue weighted by Gasteiger charge is 2.18. The fraction of sp³-hybridized carbons (Fsp3) is 0.150. The quantitative estimate of drug-likeness (QED) is 0.845. The molecule has 0 N–H and O–H groups in total. The molecule has 0 atom stereocenters. The monoisotopic (exact) mass is 319 g/mol. The first-order valence-corrected chi connectivity index (χ1v) is 7.53. The summed E-state index contributed by atoms with van der Waals surface area (Å²) in [4.78, 5) is 0. The van der Waals surface area contributed by atoms with Gasteiger partial charge in [-0.25, -0.2) is 0 Å². The van der Waals surface area contributed by atoms with Gasteiger partial charge >= 0.3 is 0 Å². The Morgan fingerprint density at radius 2 is 1.21 bits per heavy atom. The van der Waals surface area contributed by atoms with Gasteiger partial charge in [-0.05, 0) is 60.7 Å². The van der Waals surface area contributed by atoms with Gasteiger partial charge < -0.3 is 14.2 Å². The molecule has 0 amide bonds. The first kappa shape index (κ1) is 15.7. The summed E-state index contributed by atoms with van der Waals surface area (Å²) in [6.07, 6.45) is 3.63. The second kappa shape index (κ2) is 6.93. The lowest BCUT2D eigenvalue weighted by Gasteiger charge is -2.20. The van der Waals surface area contributed by atoms with Crippen molar-refractivity contribution < 1.29 is 14.2 Å². The molecule has 1 aliphatic heterocycles. The van der Waals surface area contributed by atoms with Crippen LogP contribution in [0.2, 0.25) is 0 Å². The second-order valence-corrected chi connectivity index (χ2v) is 5.28. The molecule has 0 aliphatic carbocycles. The van der Waals surface area contributed by atoms with Crippen molar-refractivity contribution in [1.82, 2.24) is 0 Å². The standard InChI is InChI=1S/C20H17NO3/c1-22-17-7-3-15(4-8-17)19-11-14(13-21)12-20(24-19)16-5-9-18(23-2)10-6-16/h3-12,14H,1-2H3. The summed E-state index contributed by atoms with van der Waals surface area (Å²) in [6, 6.07) is 17.4. The van der Waals surface area contributed by atoms with Crippen molar-refractivity contribution in [3.63, 3.8) is 0 Å². The van der Waals surface area contributed by atoms with E-state index in [0.29, 0.717) is 11.5 Å². The molecule has 0 spiro atoms. The van der Waals surface area contributed by atoms with E-state index in [9.17, 15) is 5.26 Å². The molecule has 2 aromatic rings. The molecule has 0 saturated heterocycles. The Kier molecular flexibility index (Phi) is 4.53. The van der Waals surface area contributed by atoms with Gasteiger partial charge in [-0.3, -0.25) is 0 Å². The van der Waals surface area contributed by atoms with E-state index in [4.69, 9.17) is 14.2 Å². The number of allylic oxidation sites excluding steroid dienone is 2. The van der Waals surface area contributed by atoms with Crippen molar-refractivity contribution >= 4 is 11.5 Å². The van der Waals surface area contributed by atoms with Gasteiger partial charge in [-0.15, -0.1) is 0 Å². The Morgan fingerprint density at radius 1 is 0.792 bits per heavy atom. The van der Waals surface area contributed by atoms with Crippen LogP contribution in [0.1, 0.15) is 11.1 Å². The molecule has 0 bridgehead atoms. The zero-order valence-corrected chi connectivity index (χ0v) is 13.5. The number of benzene rings is 2. The third-order valence-corrected chi connectivity index (χ3v) is 3.78. The summed E-state index contributed by atoms with van der Waals surface area (Å²) >= 11 is 0. The lowest BCUT2D eigenvalue weighted by Crippen LogP contribution is -2.04.